The molecule has 0 aromatic rings. The molecule has 1 rings (SSSR count). The van der Waals surface area contributed by atoms with Crippen LogP contribution in [0.25, 0.3) is 0 Å². The first-order chi connectivity index (χ1) is 7.24. The molecule has 1 heterocycles. The Kier molecular flexibility index (Phi) is 5.37. The Balaban J connectivity index is 2.00. The van der Waals surface area contributed by atoms with Crippen LogP contribution in [0.2, 0.25) is 0 Å². The van der Waals surface area contributed by atoms with Gasteiger partial charge in [0.05, 0.1) is 6.42 Å². The van der Waals surface area contributed by atoms with Crippen LogP contribution in [0.15, 0.2) is 0 Å². The summed E-state index contributed by atoms with van der Waals surface area (Å²) in [5.74, 6) is 0.0354. The Morgan fingerprint density at radius 1 is 1.27 bits per heavy atom. The number of esters is 1. The first-order valence-corrected chi connectivity index (χ1v) is 6.03. The topological polar surface area (TPSA) is 50.2 Å². The molecule has 0 aromatic heterocycles. The van der Waals surface area contributed by atoms with E-state index in [4.69, 9.17) is 10.1 Å². The standard InChI is InChI=1S/C12H21NO2/c1-2-3-4-5-6-7-8-10-9-11(14)15-12(10)13/h10,13H,2-9H2,1H3. The molecule has 0 amide bonds. The van der Waals surface area contributed by atoms with Gasteiger partial charge in [-0.3, -0.25) is 10.2 Å². The molecular formula is C12H21NO2. The summed E-state index contributed by atoms with van der Waals surface area (Å²) in [6.45, 7) is 2.21. The van der Waals surface area contributed by atoms with Gasteiger partial charge in [0.15, 0.2) is 5.90 Å². The quantitative estimate of drug-likeness (QED) is 0.519. The lowest BCUT2D eigenvalue weighted by atomic mass is 9.99. The van der Waals surface area contributed by atoms with E-state index in [1.165, 1.54) is 32.1 Å². The van der Waals surface area contributed by atoms with Crippen LogP contribution in [0.3, 0.4) is 0 Å². The average molecular weight is 211 g/mol. The third-order valence-electron chi connectivity index (χ3n) is 2.91. The van der Waals surface area contributed by atoms with Gasteiger partial charge in [0, 0.05) is 5.92 Å². The Bertz CT molecular complexity index is 226. The average Bonchev–Trinajstić information content (AvgIpc) is 2.51. The summed E-state index contributed by atoms with van der Waals surface area (Å²) >= 11 is 0. The van der Waals surface area contributed by atoms with E-state index in [0.29, 0.717) is 6.42 Å². The van der Waals surface area contributed by atoms with Gasteiger partial charge >= 0.3 is 5.97 Å². The molecule has 0 saturated carbocycles. The van der Waals surface area contributed by atoms with Gasteiger partial charge in [-0.15, -0.1) is 0 Å². The fraction of sp³-hybridized carbons (Fsp3) is 0.833. The largest absolute Gasteiger partial charge is 0.412 e. The van der Waals surface area contributed by atoms with Crippen molar-refractivity contribution in [3.63, 3.8) is 0 Å². The second-order valence-corrected chi connectivity index (χ2v) is 4.30. The van der Waals surface area contributed by atoms with Gasteiger partial charge in [-0.1, -0.05) is 45.4 Å². The second kappa shape index (κ2) is 6.59. The third-order valence-corrected chi connectivity index (χ3v) is 2.91. The summed E-state index contributed by atoms with van der Waals surface area (Å²) in [5, 5.41) is 7.44. The number of cyclic esters (lactones) is 1. The molecule has 1 atom stereocenters. The van der Waals surface area contributed by atoms with Crippen molar-refractivity contribution < 1.29 is 9.53 Å². The maximum Gasteiger partial charge on any atom is 0.313 e. The lowest BCUT2D eigenvalue weighted by molar-refractivity contribution is -0.133. The highest BCUT2D eigenvalue weighted by Crippen LogP contribution is 2.22. The normalized spacial score (nSPS) is 20.7. The van der Waals surface area contributed by atoms with Crippen molar-refractivity contribution in [2.24, 2.45) is 5.92 Å². The molecule has 3 heteroatoms. The van der Waals surface area contributed by atoms with E-state index in [2.05, 4.69) is 6.92 Å². The first-order valence-electron chi connectivity index (χ1n) is 6.03. The molecule has 0 radical (unpaired) electrons. The Hall–Kier alpha value is -0.860. The summed E-state index contributed by atoms with van der Waals surface area (Å²) in [4.78, 5) is 10.9. The van der Waals surface area contributed by atoms with E-state index in [1.807, 2.05) is 0 Å². The van der Waals surface area contributed by atoms with Crippen LogP contribution in [0.4, 0.5) is 0 Å². The zero-order chi connectivity index (χ0) is 11.1. The van der Waals surface area contributed by atoms with Crippen LogP contribution < -0.4 is 0 Å². The van der Waals surface area contributed by atoms with Gasteiger partial charge in [0.1, 0.15) is 0 Å². The predicted octanol–water partition coefficient (Wildman–Crippen LogP) is 3.28. The summed E-state index contributed by atoms with van der Waals surface area (Å²) in [6.07, 6.45) is 8.89. The molecule has 3 nitrogen and oxygen atoms in total. The molecule has 1 fully saturated rings. The van der Waals surface area contributed by atoms with Crippen LogP contribution in [0.5, 0.6) is 0 Å². The molecule has 0 aliphatic carbocycles. The molecule has 1 aliphatic rings. The maximum absolute atomic E-state index is 10.9. The number of hydrogen-bond donors (Lipinski definition) is 1. The molecule has 86 valence electrons. The van der Waals surface area contributed by atoms with Crippen molar-refractivity contribution in [1.82, 2.24) is 0 Å². The van der Waals surface area contributed by atoms with Crippen molar-refractivity contribution in [3.8, 4) is 0 Å². The number of rotatable bonds is 7. The summed E-state index contributed by atoms with van der Waals surface area (Å²) < 4.78 is 4.71. The molecule has 1 N–H and O–H groups in total. The third kappa shape index (κ3) is 4.45. The lowest BCUT2D eigenvalue weighted by Crippen LogP contribution is -2.06. The SMILES string of the molecule is CCCCCCCCC1CC(=O)OC1=N. The number of carbonyl (C=O) groups is 1. The minimum Gasteiger partial charge on any atom is -0.412 e. The van der Waals surface area contributed by atoms with Gasteiger partial charge in [0.25, 0.3) is 0 Å². The van der Waals surface area contributed by atoms with Crippen LogP contribution >= 0.6 is 0 Å². The molecule has 15 heavy (non-hydrogen) atoms. The van der Waals surface area contributed by atoms with Gasteiger partial charge in [-0.2, -0.15) is 0 Å². The zero-order valence-electron chi connectivity index (χ0n) is 9.55. The van der Waals surface area contributed by atoms with E-state index in [0.717, 1.165) is 12.8 Å². The van der Waals surface area contributed by atoms with Crippen LogP contribution in [0, 0.1) is 11.3 Å². The Morgan fingerprint density at radius 2 is 1.93 bits per heavy atom. The van der Waals surface area contributed by atoms with E-state index in [1.54, 1.807) is 0 Å². The fourth-order valence-corrected chi connectivity index (χ4v) is 1.95. The van der Waals surface area contributed by atoms with Crippen LogP contribution in [-0.4, -0.2) is 11.9 Å². The number of carbonyl (C=O) groups excluding carboxylic acids is 1. The fourth-order valence-electron chi connectivity index (χ4n) is 1.95. The molecule has 1 saturated heterocycles. The van der Waals surface area contributed by atoms with Crippen molar-refractivity contribution >= 4 is 11.9 Å². The van der Waals surface area contributed by atoms with Crippen molar-refractivity contribution in [2.75, 3.05) is 0 Å². The first kappa shape index (κ1) is 12.2. The highest BCUT2D eigenvalue weighted by molar-refractivity contribution is 5.95. The maximum atomic E-state index is 10.9. The molecular weight excluding hydrogens is 190 g/mol. The van der Waals surface area contributed by atoms with Crippen molar-refractivity contribution in [2.45, 2.75) is 58.3 Å². The molecule has 1 aliphatic heterocycles. The molecule has 0 aromatic carbocycles. The minimum absolute atomic E-state index is 0.0728. The van der Waals surface area contributed by atoms with E-state index >= 15 is 0 Å². The van der Waals surface area contributed by atoms with E-state index < -0.39 is 0 Å². The van der Waals surface area contributed by atoms with Gasteiger partial charge < -0.3 is 4.74 Å². The number of ether oxygens (including phenoxy) is 1. The molecule has 1 unspecified atom stereocenters. The van der Waals surface area contributed by atoms with Crippen molar-refractivity contribution in [1.29, 1.82) is 5.41 Å². The highest BCUT2D eigenvalue weighted by Gasteiger charge is 2.29. The smallest absolute Gasteiger partial charge is 0.313 e. The predicted molar refractivity (Wildman–Crippen MR) is 59.9 cm³/mol. The summed E-state index contributed by atoms with van der Waals surface area (Å²) in [5.41, 5.74) is 0. The minimum atomic E-state index is -0.226. The number of hydrogen-bond acceptors (Lipinski definition) is 3. The Labute approximate surface area is 91.7 Å². The molecule has 0 spiro atoms. The number of nitrogens with one attached hydrogen (secondary N) is 1. The zero-order valence-corrected chi connectivity index (χ0v) is 9.55. The van der Waals surface area contributed by atoms with E-state index in [9.17, 15) is 4.79 Å². The summed E-state index contributed by atoms with van der Waals surface area (Å²) in [6, 6.07) is 0. The monoisotopic (exact) mass is 211 g/mol. The van der Waals surface area contributed by atoms with Gasteiger partial charge in [-0.05, 0) is 6.42 Å². The van der Waals surface area contributed by atoms with Crippen LogP contribution in [-0.2, 0) is 9.53 Å². The lowest BCUT2D eigenvalue weighted by Gasteiger charge is -2.05. The molecule has 0 bridgehead atoms. The second-order valence-electron chi connectivity index (χ2n) is 4.30. The van der Waals surface area contributed by atoms with Crippen molar-refractivity contribution in [3.05, 3.63) is 0 Å². The van der Waals surface area contributed by atoms with E-state index in [-0.39, 0.29) is 17.8 Å². The van der Waals surface area contributed by atoms with Crippen LogP contribution in [0.1, 0.15) is 58.3 Å². The number of unbranched alkanes of at least 4 members (excludes halogenated alkanes) is 5. The Morgan fingerprint density at radius 3 is 2.53 bits per heavy atom. The summed E-state index contributed by atoms with van der Waals surface area (Å²) in [7, 11) is 0. The van der Waals surface area contributed by atoms with Gasteiger partial charge in [-0.25, -0.2) is 0 Å². The van der Waals surface area contributed by atoms with Gasteiger partial charge in [0.2, 0.25) is 0 Å². The highest BCUT2D eigenvalue weighted by atomic mass is 16.5.